The van der Waals surface area contributed by atoms with Crippen molar-refractivity contribution in [2.45, 2.75) is 13.3 Å². The maximum atomic E-state index is 11.7. The average molecular weight is 250 g/mol. The van der Waals surface area contributed by atoms with E-state index >= 15 is 0 Å². The number of hydrogen-bond acceptors (Lipinski definition) is 4. The molecule has 1 aromatic carbocycles. The Labute approximate surface area is 106 Å². The van der Waals surface area contributed by atoms with Crippen LogP contribution >= 0.6 is 0 Å². The van der Waals surface area contributed by atoms with Crippen LogP contribution in [0, 0.1) is 6.92 Å². The molecular weight excluding hydrogens is 232 g/mol. The molecular formula is C13H18N2O3. The van der Waals surface area contributed by atoms with E-state index in [1.165, 1.54) is 0 Å². The number of hydrogen-bond donors (Lipinski definition) is 2. The molecule has 1 aromatic rings. The van der Waals surface area contributed by atoms with Gasteiger partial charge in [0.2, 0.25) is 5.91 Å². The quantitative estimate of drug-likeness (QED) is 0.810. The van der Waals surface area contributed by atoms with E-state index in [9.17, 15) is 4.79 Å². The minimum Gasteiger partial charge on any atom is -0.486 e. The summed E-state index contributed by atoms with van der Waals surface area (Å²) in [7, 11) is 0. The van der Waals surface area contributed by atoms with Gasteiger partial charge in [0, 0.05) is 13.1 Å². The van der Waals surface area contributed by atoms with Gasteiger partial charge >= 0.3 is 0 Å². The lowest BCUT2D eigenvalue weighted by Crippen LogP contribution is -2.30. The minimum absolute atomic E-state index is 0.0276. The molecule has 0 saturated carbocycles. The lowest BCUT2D eigenvalue weighted by atomic mass is 10.0. The summed E-state index contributed by atoms with van der Waals surface area (Å²) in [6, 6.07) is 3.80. The number of amides is 1. The standard InChI is InChI=1S/C13H18N2O3/c1-9-6-11-12(18-5-4-17-11)7-10(9)8-13(16)15-3-2-14/h6-7H,2-5,8,14H2,1H3,(H,15,16). The first-order valence-electron chi connectivity index (χ1n) is 6.06. The number of ether oxygens (including phenoxy) is 2. The summed E-state index contributed by atoms with van der Waals surface area (Å²) in [5.74, 6) is 1.44. The molecule has 1 amide bonds. The number of benzene rings is 1. The summed E-state index contributed by atoms with van der Waals surface area (Å²) in [6.07, 6.45) is 0.336. The lowest BCUT2D eigenvalue weighted by Gasteiger charge is -2.20. The molecule has 1 aliphatic rings. The molecule has 0 bridgehead atoms. The second-order valence-corrected chi connectivity index (χ2v) is 4.24. The van der Waals surface area contributed by atoms with Crippen LogP contribution in [0.1, 0.15) is 11.1 Å². The summed E-state index contributed by atoms with van der Waals surface area (Å²) < 4.78 is 11.0. The van der Waals surface area contributed by atoms with Gasteiger partial charge in [-0.05, 0) is 30.2 Å². The fraction of sp³-hybridized carbons (Fsp3) is 0.462. The van der Waals surface area contributed by atoms with Crippen molar-refractivity contribution in [2.24, 2.45) is 5.73 Å². The predicted molar refractivity (Wildman–Crippen MR) is 67.9 cm³/mol. The first-order chi connectivity index (χ1) is 8.70. The number of fused-ring (bicyclic) bond motifs is 1. The first-order valence-corrected chi connectivity index (χ1v) is 6.06. The number of rotatable bonds is 4. The van der Waals surface area contributed by atoms with Crippen LogP contribution < -0.4 is 20.5 Å². The molecule has 1 heterocycles. The Morgan fingerprint density at radius 1 is 1.33 bits per heavy atom. The molecule has 0 fully saturated rings. The van der Waals surface area contributed by atoms with Crippen LogP contribution in [-0.2, 0) is 11.2 Å². The molecule has 98 valence electrons. The molecule has 0 unspecified atom stereocenters. The van der Waals surface area contributed by atoms with E-state index < -0.39 is 0 Å². The molecule has 1 aliphatic heterocycles. The van der Waals surface area contributed by atoms with Gasteiger partial charge in [-0.2, -0.15) is 0 Å². The molecule has 0 spiro atoms. The summed E-state index contributed by atoms with van der Waals surface area (Å²) in [5, 5.41) is 2.75. The highest BCUT2D eigenvalue weighted by Crippen LogP contribution is 2.33. The van der Waals surface area contributed by atoms with Crippen molar-refractivity contribution in [1.29, 1.82) is 0 Å². The van der Waals surface area contributed by atoms with Gasteiger partial charge in [-0.25, -0.2) is 0 Å². The van der Waals surface area contributed by atoms with E-state index in [0.717, 1.165) is 16.9 Å². The number of nitrogens with two attached hydrogens (primary N) is 1. The Morgan fingerprint density at radius 3 is 2.67 bits per heavy atom. The van der Waals surface area contributed by atoms with Crippen molar-refractivity contribution >= 4 is 5.91 Å². The van der Waals surface area contributed by atoms with Crippen molar-refractivity contribution in [3.63, 3.8) is 0 Å². The van der Waals surface area contributed by atoms with Crippen LogP contribution in [0.2, 0.25) is 0 Å². The van der Waals surface area contributed by atoms with Gasteiger partial charge in [0.25, 0.3) is 0 Å². The minimum atomic E-state index is -0.0276. The molecule has 2 rings (SSSR count). The maximum absolute atomic E-state index is 11.7. The van der Waals surface area contributed by atoms with Crippen molar-refractivity contribution in [3.05, 3.63) is 23.3 Å². The van der Waals surface area contributed by atoms with E-state index in [-0.39, 0.29) is 5.91 Å². The van der Waals surface area contributed by atoms with Crippen LogP contribution in [-0.4, -0.2) is 32.2 Å². The largest absolute Gasteiger partial charge is 0.486 e. The molecule has 5 heteroatoms. The van der Waals surface area contributed by atoms with E-state index in [1.807, 2.05) is 19.1 Å². The third kappa shape index (κ3) is 2.92. The van der Waals surface area contributed by atoms with Gasteiger partial charge in [-0.3, -0.25) is 4.79 Å². The molecule has 0 radical (unpaired) electrons. The van der Waals surface area contributed by atoms with E-state index in [2.05, 4.69) is 5.32 Å². The normalized spacial score (nSPS) is 13.2. The second-order valence-electron chi connectivity index (χ2n) is 4.24. The number of carbonyl (C=O) groups is 1. The average Bonchev–Trinajstić information content (AvgIpc) is 2.37. The van der Waals surface area contributed by atoms with Crippen molar-refractivity contribution in [3.8, 4) is 11.5 Å². The van der Waals surface area contributed by atoms with Crippen LogP contribution in [0.4, 0.5) is 0 Å². The summed E-state index contributed by atoms with van der Waals surface area (Å²) in [4.78, 5) is 11.7. The highest BCUT2D eigenvalue weighted by molar-refractivity contribution is 5.79. The monoisotopic (exact) mass is 250 g/mol. The van der Waals surface area contributed by atoms with Crippen molar-refractivity contribution < 1.29 is 14.3 Å². The van der Waals surface area contributed by atoms with Gasteiger partial charge in [0.1, 0.15) is 13.2 Å². The van der Waals surface area contributed by atoms with Crippen molar-refractivity contribution in [1.82, 2.24) is 5.32 Å². The second kappa shape index (κ2) is 5.73. The lowest BCUT2D eigenvalue weighted by molar-refractivity contribution is -0.120. The van der Waals surface area contributed by atoms with Crippen LogP contribution in [0.5, 0.6) is 11.5 Å². The van der Waals surface area contributed by atoms with Gasteiger partial charge in [0.15, 0.2) is 11.5 Å². The highest BCUT2D eigenvalue weighted by atomic mass is 16.6. The number of carbonyl (C=O) groups excluding carboxylic acids is 1. The molecule has 3 N–H and O–H groups in total. The Morgan fingerprint density at radius 2 is 2.00 bits per heavy atom. The molecule has 0 aliphatic carbocycles. The molecule has 0 atom stereocenters. The van der Waals surface area contributed by atoms with Crippen molar-refractivity contribution in [2.75, 3.05) is 26.3 Å². The topological polar surface area (TPSA) is 73.6 Å². The number of nitrogens with one attached hydrogen (secondary N) is 1. The molecule has 0 saturated heterocycles. The third-order valence-electron chi connectivity index (χ3n) is 2.82. The SMILES string of the molecule is Cc1cc2c(cc1CC(=O)NCCN)OCCO2. The van der Waals surface area contributed by atoms with Crippen LogP contribution in [0.25, 0.3) is 0 Å². The zero-order valence-corrected chi connectivity index (χ0v) is 10.5. The summed E-state index contributed by atoms with van der Waals surface area (Å²) >= 11 is 0. The van der Waals surface area contributed by atoms with Crippen LogP contribution in [0.3, 0.4) is 0 Å². The zero-order valence-electron chi connectivity index (χ0n) is 10.5. The summed E-state index contributed by atoms with van der Waals surface area (Å²) in [5.41, 5.74) is 7.32. The number of aryl methyl sites for hydroxylation is 1. The first kappa shape index (κ1) is 12.7. The Bertz CT molecular complexity index is 446. The van der Waals surface area contributed by atoms with Gasteiger partial charge in [0.05, 0.1) is 6.42 Å². The summed E-state index contributed by atoms with van der Waals surface area (Å²) in [6.45, 7) is 4.04. The predicted octanol–water partition coefficient (Wildman–Crippen LogP) is 0.384. The fourth-order valence-electron chi connectivity index (χ4n) is 1.87. The molecule has 0 aromatic heterocycles. The molecule has 5 nitrogen and oxygen atoms in total. The van der Waals surface area contributed by atoms with E-state index in [4.69, 9.17) is 15.2 Å². The van der Waals surface area contributed by atoms with Crippen LogP contribution in [0.15, 0.2) is 12.1 Å². The zero-order chi connectivity index (χ0) is 13.0. The third-order valence-corrected chi connectivity index (χ3v) is 2.82. The van der Waals surface area contributed by atoms with Gasteiger partial charge < -0.3 is 20.5 Å². The van der Waals surface area contributed by atoms with Gasteiger partial charge in [-0.15, -0.1) is 0 Å². The van der Waals surface area contributed by atoms with E-state index in [0.29, 0.717) is 38.5 Å². The maximum Gasteiger partial charge on any atom is 0.224 e. The van der Waals surface area contributed by atoms with Gasteiger partial charge in [-0.1, -0.05) is 0 Å². The Hall–Kier alpha value is -1.75. The Kier molecular flexibility index (Phi) is 4.04. The highest BCUT2D eigenvalue weighted by Gasteiger charge is 2.15. The molecule has 18 heavy (non-hydrogen) atoms. The fourth-order valence-corrected chi connectivity index (χ4v) is 1.87. The van der Waals surface area contributed by atoms with E-state index in [1.54, 1.807) is 0 Å². The smallest absolute Gasteiger partial charge is 0.224 e. The Balaban J connectivity index is 2.10.